The van der Waals surface area contributed by atoms with E-state index in [-0.39, 0.29) is 0 Å². The molecular weight excluding hydrogens is 202 g/mol. The van der Waals surface area contributed by atoms with Crippen LogP contribution in [0.5, 0.6) is 0 Å². The van der Waals surface area contributed by atoms with Crippen LogP contribution in [0.4, 0.5) is 0 Å². The van der Waals surface area contributed by atoms with Gasteiger partial charge in [-0.05, 0) is 25.2 Å². The zero-order chi connectivity index (χ0) is 11.4. The van der Waals surface area contributed by atoms with Gasteiger partial charge in [0.15, 0.2) is 0 Å². The Morgan fingerprint density at radius 1 is 1.25 bits per heavy atom. The second-order valence-electron chi connectivity index (χ2n) is 5.27. The molecule has 3 heteroatoms. The Bertz CT molecular complexity index is 258. The molecule has 0 radical (unpaired) electrons. The lowest BCUT2D eigenvalue weighted by atomic mass is 9.74. The van der Waals surface area contributed by atoms with Crippen LogP contribution in [0.1, 0.15) is 44.9 Å². The molecule has 1 aliphatic heterocycles. The molecule has 0 bridgehead atoms. The van der Waals surface area contributed by atoms with E-state index in [1.807, 2.05) is 0 Å². The van der Waals surface area contributed by atoms with E-state index >= 15 is 0 Å². The summed E-state index contributed by atoms with van der Waals surface area (Å²) in [4.78, 5) is 0. The van der Waals surface area contributed by atoms with Gasteiger partial charge >= 0.3 is 0 Å². The fourth-order valence-corrected chi connectivity index (χ4v) is 3.05. The second-order valence-corrected chi connectivity index (χ2v) is 5.27. The third-order valence-electron chi connectivity index (χ3n) is 4.19. The van der Waals surface area contributed by atoms with Crippen molar-refractivity contribution in [3.8, 4) is 6.07 Å². The van der Waals surface area contributed by atoms with Gasteiger partial charge in [-0.2, -0.15) is 5.26 Å². The summed E-state index contributed by atoms with van der Waals surface area (Å²) in [7, 11) is 0. The third kappa shape index (κ3) is 2.23. The van der Waals surface area contributed by atoms with Crippen LogP contribution < -0.4 is 0 Å². The van der Waals surface area contributed by atoms with Crippen LogP contribution in [-0.2, 0) is 4.74 Å². The molecule has 0 spiro atoms. The van der Waals surface area contributed by atoms with Crippen molar-refractivity contribution in [2.45, 2.75) is 51.0 Å². The van der Waals surface area contributed by atoms with E-state index in [1.165, 1.54) is 25.7 Å². The minimum atomic E-state index is -0.616. The van der Waals surface area contributed by atoms with E-state index in [0.717, 1.165) is 12.8 Å². The molecule has 1 aliphatic carbocycles. The van der Waals surface area contributed by atoms with Crippen molar-refractivity contribution in [2.75, 3.05) is 13.2 Å². The first-order valence-corrected chi connectivity index (χ1v) is 6.45. The first kappa shape index (κ1) is 11.9. The molecule has 2 rings (SSSR count). The fraction of sp³-hybridized carbons (Fsp3) is 0.923. The standard InChI is InChI=1S/C13H21NO2/c14-9-13(7-8-16-10-13)12(15)11-5-3-1-2-4-6-11/h11-12,15H,1-8,10H2. The van der Waals surface area contributed by atoms with Gasteiger partial charge in [-0.1, -0.05) is 25.7 Å². The first-order chi connectivity index (χ1) is 7.78. The Labute approximate surface area is 97.4 Å². The van der Waals surface area contributed by atoms with Crippen LogP contribution in [-0.4, -0.2) is 24.4 Å². The van der Waals surface area contributed by atoms with Gasteiger partial charge in [0.2, 0.25) is 0 Å². The molecule has 3 nitrogen and oxygen atoms in total. The van der Waals surface area contributed by atoms with Crippen LogP contribution in [0.2, 0.25) is 0 Å². The zero-order valence-electron chi connectivity index (χ0n) is 9.82. The fourth-order valence-electron chi connectivity index (χ4n) is 3.05. The van der Waals surface area contributed by atoms with E-state index in [0.29, 0.717) is 25.6 Å². The molecule has 0 aromatic rings. The number of aliphatic hydroxyl groups excluding tert-OH is 1. The lowest BCUT2D eigenvalue weighted by Crippen LogP contribution is -2.40. The minimum Gasteiger partial charge on any atom is -0.391 e. The highest BCUT2D eigenvalue weighted by atomic mass is 16.5. The Morgan fingerprint density at radius 2 is 1.94 bits per heavy atom. The number of nitriles is 1. The average Bonchev–Trinajstić information content (AvgIpc) is 2.64. The highest BCUT2D eigenvalue weighted by molar-refractivity contribution is 5.07. The quantitative estimate of drug-likeness (QED) is 0.730. The van der Waals surface area contributed by atoms with Crippen molar-refractivity contribution < 1.29 is 9.84 Å². The summed E-state index contributed by atoms with van der Waals surface area (Å²) in [6, 6.07) is 2.32. The van der Waals surface area contributed by atoms with Crippen LogP contribution in [0.3, 0.4) is 0 Å². The van der Waals surface area contributed by atoms with Gasteiger partial charge < -0.3 is 9.84 Å². The predicted octanol–water partition coefficient (Wildman–Crippen LogP) is 2.25. The van der Waals surface area contributed by atoms with E-state index in [4.69, 9.17) is 4.74 Å². The summed E-state index contributed by atoms with van der Waals surface area (Å²) < 4.78 is 5.31. The second kappa shape index (κ2) is 5.16. The van der Waals surface area contributed by atoms with Gasteiger partial charge in [-0.25, -0.2) is 0 Å². The number of rotatable bonds is 2. The number of aliphatic hydroxyl groups is 1. The number of nitrogens with zero attached hydrogens (tertiary/aromatic N) is 1. The van der Waals surface area contributed by atoms with Crippen LogP contribution in [0.25, 0.3) is 0 Å². The number of hydrogen-bond acceptors (Lipinski definition) is 3. The Balaban J connectivity index is 2.04. The van der Waals surface area contributed by atoms with E-state index in [1.54, 1.807) is 0 Å². The van der Waals surface area contributed by atoms with E-state index in [9.17, 15) is 10.4 Å². The Kier molecular flexibility index (Phi) is 3.83. The van der Waals surface area contributed by atoms with Gasteiger partial charge in [0.25, 0.3) is 0 Å². The van der Waals surface area contributed by atoms with E-state index < -0.39 is 11.5 Å². The molecule has 0 aromatic carbocycles. The number of hydrogen-bond donors (Lipinski definition) is 1. The Morgan fingerprint density at radius 3 is 2.44 bits per heavy atom. The normalized spacial score (nSPS) is 34.2. The molecule has 16 heavy (non-hydrogen) atoms. The maximum Gasteiger partial charge on any atom is 0.109 e. The summed E-state index contributed by atoms with van der Waals surface area (Å²) >= 11 is 0. The summed E-state index contributed by atoms with van der Waals surface area (Å²) in [5, 5.41) is 19.7. The Hall–Kier alpha value is -0.590. The molecular formula is C13H21NO2. The largest absolute Gasteiger partial charge is 0.391 e. The molecule has 1 heterocycles. The van der Waals surface area contributed by atoms with Crippen molar-refractivity contribution in [1.29, 1.82) is 5.26 Å². The average molecular weight is 223 g/mol. The third-order valence-corrected chi connectivity index (χ3v) is 4.19. The monoisotopic (exact) mass is 223 g/mol. The van der Waals surface area contributed by atoms with Gasteiger partial charge in [-0.15, -0.1) is 0 Å². The summed E-state index contributed by atoms with van der Waals surface area (Å²) in [6.45, 7) is 1.04. The molecule has 1 N–H and O–H groups in total. The lowest BCUT2D eigenvalue weighted by molar-refractivity contribution is 0.00150. The van der Waals surface area contributed by atoms with Crippen molar-refractivity contribution in [2.24, 2.45) is 11.3 Å². The van der Waals surface area contributed by atoms with Crippen molar-refractivity contribution >= 4 is 0 Å². The van der Waals surface area contributed by atoms with Crippen molar-refractivity contribution in [3.05, 3.63) is 0 Å². The predicted molar refractivity (Wildman–Crippen MR) is 60.7 cm³/mol. The lowest BCUT2D eigenvalue weighted by Gasteiger charge is -2.31. The van der Waals surface area contributed by atoms with Crippen molar-refractivity contribution in [3.63, 3.8) is 0 Å². The maximum atomic E-state index is 10.4. The highest BCUT2D eigenvalue weighted by Gasteiger charge is 2.45. The zero-order valence-corrected chi connectivity index (χ0v) is 9.82. The molecule has 90 valence electrons. The van der Waals surface area contributed by atoms with Gasteiger partial charge in [0.1, 0.15) is 5.41 Å². The van der Waals surface area contributed by atoms with E-state index in [2.05, 4.69) is 6.07 Å². The topological polar surface area (TPSA) is 53.2 Å². The number of ether oxygens (including phenoxy) is 1. The van der Waals surface area contributed by atoms with Crippen LogP contribution >= 0.6 is 0 Å². The molecule has 2 atom stereocenters. The first-order valence-electron chi connectivity index (χ1n) is 6.45. The summed E-state index contributed by atoms with van der Waals surface area (Å²) in [5.74, 6) is 0.309. The van der Waals surface area contributed by atoms with Gasteiger partial charge in [-0.3, -0.25) is 0 Å². The van der Waals surface area contributed by atoms with Gasteiger partial charge in [0.05, 0.1) is 18.8 Å². The van der Waals surface area contributed by atoms with Crippen LogP contribution in [0.15, 0.2) is 0 Å². The van der Waals surface area contributed by atoms with Gasteiger partial charge in [0, 0.05) is 6.61 Å². The van der Waals surface area contributed by atoms with Crippen LogP contribution in [0, 0.1) is 22.7 Å². The molecule has 0 amide bonds. The smallest absolute Gasteiger partial charge is 0.109 e. The minimum absolute atomic E-state index is 0.309. The summed E-state index contributed by atoms with van der Waals surface area (Å²) in [5.41, 5.74) is -0.616. The molecule has 2 unspecified atom stereocenters. The molecule has 1 saturated carbocycles. The molecule has 0 aromatic heterocycles. The maximum absolute atomic E-state index is 10.4. The summed E-state index contributed by atoms with van der Waals surface area (Å²) in [6.07, 6.45) is 7.31. The SMILES string of the molecule is N#CC1(C(O)C2CCCCCC2)CCOC1. The molecule has 2 fully saturated rings. The van der Waals surface area contributed by atoms with Crippen molar-refractivity contribution in [1.82, 2.24) is 0 Å². The highest BCUT2D eigenvalue weighted by Crippen LogP contribution is 2.39. The molecule has 1 saturated heterocycles. The molecule has 2 aliphatic rings.